The van der Waals surface area contributed by atoms with E-state index < -0.39 is 0 Å². The van der Waals surface area contributed by atoms with Gasteiger partial charge in [0.1, 0.15) is 0 Å². The zero-order valence-corrected chi connectivity index (χ0v) is 14.4. The molecule has 26 heavy (non-hydrogen) atoms. The number of para-hydroxylation sites is 1. The van der Waals surface area contributed by atoms with Crippen molar-refractivity contribution in [3.8, 4) is 11.3 Å². The molecular formula is C21H20N4O. The molecule has 1 amide bonds. The highest BCUT2D eigenvalue weighted by Gasteiger charge is 2.20. The average Bonchev–Trinajstić information content (AvgIpc) is 2.81. The van der Waals surface area contributed by atoms with Crippen LogP contribution in [0.5, 0.6) is 0 Å². The Labute approximate surface area is 152 Å². The van der Waals surface area contributed by atoms with Crippen molar-refractivity contribution in [3.63, 3.8) is 0 Å². The maximum atomic E-state index is 12.1. The van der Waals surface area contributed by atoms with Gasteiger partial charge in [-0.3, -0.25) is 4.79 Å². The van der Waals surface area contributed by atoms with E-state index in [-0.39, 0.29) is 12.3 Å². The molecule has 0 unspecified atom stereocenters. The smallest absolute Gasteiger partial charge is 0.228 e. The molecule has 0 fully saturated rings. The summed E-state index contributed by atoms with van der Waals surface area (Å²) >= 11 is 0. The summed E-state index contributed by atoms with van der Waals surface area (Å²) in [5.74, 6) is 0.560. The predicted octanol–water partition coefficient (Wildman–Crippen LogP) is 3.68. The first-order valence-electron chi connectivity index (χ1n) is 8.82. The molecule has 2 N–H and O–H groups in total. The minimum absolute atomic E-state index is 0.0385. The molecule has 0 saturated heterocycles. The number of carbonyl (C=O) groups excluding carboxylic acids is 1. The first-order valence-corrected chi connectivity index (χ1v) is 8.82. The minimum Gasteiger partial charge on any atom is -0.354 e. The molecule has 0 bridgehead atoms. The first-order chi connectivity index (χ1) is 12.8. The van der Waals surface area contributed by atoms with Crippen LogP contribution in [0.2, 0.25) is 0 Å². The zero-order valence-electron chi connectivity index (χ0n) is 14.4. The molecule has 0 saturated carbocycles. The molecule has 1 aliphatic heterocycles. The Hall–Kier alpha value is -3.21. The lowest BCUT2D eigenvalue weighted by Gasteiger charge is -2.10. The number of aryl methyl sites for hydroxylation is 1. The van der Waals surface area contributed by atoms with Gasteiger partial charge in [0.05, 0.1) is 17.8 Å². The van der Waals surface area contributed by atoms with E-state index in [0.29, 0.717) is 5.95 Å². The Morgan fingerprint density at radius 3 is 2.73 bits per heavy atom. The summed E-state index contributed by atoms with van der Waals surface area (Å²) in [5, 5.41) is 6.23. The van der Waals surface area contributed by atoms with Crippen LogP contribution >= 0.6 is 0 Å². The Morgan fingerprint density at radius 1 is 1.04 bits per heavy atom. The second-order valence-electron chi connectivity index (χ2n) is 6.35. The fourth-order valence-corrected chi connectivity index (χ4v) is 3.16. The number of aromatic nitrogens is 2. The summed E-state index contributed by atoms with van der Waals surface area (Å²) in [7, 11) is 0. The van der Waals surface area contributed by atoms with Crippen LogP contribution in [0.1, 0.15) is 17.5 Å². The van der Waals surface area contributed by atoms with E-state index in [9.17, 15) is 4.79 Å². The molecule has 5 heteroatoms. The Morgan fingerprint density at radius 2 is 1.85 bits per heavy atom. The molecule has 0 atom stereocenters. The molecule has 1 aromatic heterocycles. The molecule has 1 aliphatic rings. The van der Waals surface area contributed by atoms with Gasteiger partial charge >= 0.3 is 0 Å². The van der Waals surface area contributed by atoms with Crippen LogP contribution in [-0.4, -0.2) is 22.4 Å². The summed E-state index contributed by atoms with van der Waals surface area (Å²) in [6.07, 6.45) is 4.06. The molecule has 0 spiro atoms. The number of hydrogen-bond donors (Lipinski definition) is 2. The van der Waals surface area contributed by atoms with E-state index in [1.165, 1.54) is 5.56 Å². The normalized spacial score (nSPS) is 12.5. The second-order valence-corrected chi connectivity index (χ2v) is 6.35. The Balaban J connectivity index is 1.49. The van der Waals surface area contributed by atoms with Gasteiger partial charge in [0, 0.05) is 23.9 Å². The van der Waals surface area contributed by atoms with Crippen LogP contribution in [0.4, 0.5) is 11.6 Å². The fourth-order valence-electron chi connectivity index (χ4n) is 3.16. The van der Waals surface area contributed by atoms with Gasteiger partial charge in [-0.15, -0.1) is 0 Å². The second kappa shape index (κ2) is 7.35. The third-order valence-electron chi connectivity index (χ3n) is 4.44. The summed E-state index contributed by atoms with van der Waals surface area (Å²) in [6, 6.07) is 18.2. The van der Waals surface area contributed by atoms with Crippen molar-refractivity contribution >= 4 is 17.5 Å². The monoisotopic (exact) mass is 344 g/mol. The van der Waals surface area contributed by atoms with Gasteiger partial charge in [-0.1, -0.05) is 48.5 Å². The van der Waals surface area contributed by atoms with Gasteiger partial charge < -0.3 is 10.6 Å². The third-order valence-corrected chi connectivity index (χ3v) is 4.44. The van der Waals surface area contributed by atoms with E-state index in [1.807, 2.05) is 30.3 Å². The number of benzene rings is 2. The maximum Gasteiger partial charge on any atom is 0.228 e. The largest absolute Gasteiger partial charge is 0.354 e. The lowest BCUT2D eigenvalue weighted by molar-refractivity contribution is -0.115. The predicted molar refractivity (Wildman–Crippen MR) is 103 cm³/mol. The van der Waals surface area contributed by atoms with E-state index >= 15 is 0 Å². The van der Waals surface area contributed by atoms with Crippen molar-refractivity contribution in [3.05, 3.63) is 71.9 Å². The maximum absolute atomic E-state index is 12.1. The van der Waals surface area contributed by atoms with Crippen LogP contribution < -0.4 is 10.6 Å². The quantitative estimate of drug-likeness (QED) is 0.693. The van der Waals surface area contributed by atoms with Gasteiger partial charge in [-0.2, -0.15) is 0 Å². The lowest BCUT2D eigenvalue weighted by atomic mass is 10.1. The number of nitrogens with zero attached hydrogens (tertiary/aromatic N) is 2. The topological polar surface area (TPSA) is 66.9 Å². The molecule has 2 aromatic carbocycles. The van der Waals surface area contributed by atoms with Crippen LogP contribution in [0, 0.1) is 0 Å². The molecule has 0 aliphatic carbocycles. The molecule has 2 heterocycles. The van der Waals surface area contributed by atoms with Gasteiger partial charge in [0.25, 0.3) is 0 Å². The van der Waals surface area contributed by atoms with Crippen LogP contribution in [0.15, 0.2) is 60.8 Å². The average molecular weight is 344 g/mol. The minimum atomic E-state index is -0.0385. The van der Waals surface area contributed by atoms with E-state index in [4.69, 9.17) is 0 Å². The first kappa shape index (κ1) is 16.3. The van der Waals surface area contributed by atoms with E-state index in [2.05, 4.69) is 44.9 Å². The number of fused-ring (bicyclic) bond motifs is 3. The van der Waals surface area contributed by atoms with Gasteiger partial charge in [-0.25, -0.2) is 9.97 Å². The highest BCUT2D eigenvalue weighted by molar-refractivity contribution is 5.99. The fraction of sp³-hybridized carbons (Fsp3) is 0.190. The number of rotatable bonds is 5. The standard InChI is InChI=1S/C21H20N4O/c26-19-13-16-14-23-21(22-12-6-9-15-7-2-1-3-8-15)25-20(16)17-10-4-5-11-18(17)24-19/h1-5,7-8,10-11,14H,6,9,12-13H2,(H,24,26)(H,22,23,25). The van der Waals surface area contributed by atoms with Crippen molar-refractivity contribution in [2.24, 2.45) is 0 Å². The number of anilines is 2. The van der Waals surface area contributed by atoms with Crippen molar-refractivity contribution in [1.82, 2.24) is 9.97 Å². The van der Waals surface area contributed by atoms with Gasteiger partial charge in [-0.05, 0) is 24.5 Å². The van der Waals surface area contributed by atoms with Crippen molar-refractivity contribution in [2.75, 3.05) is 17.2 Å². The van der Waals surface area contributed by atoms with Gasteiger partial charge in [0.2, 0.25) is 11.9 Å². The highest BCUT2D eigenvalue weighted by Crippen LogP contribution is 2.32. The van der Waals surface area contributed by atoms with Crippen LogP contribution in [0.3, 0.4) is 0 Å². The van der Waals surface area contributed by atoms with E-state index in [0.717, 1.165) is 41.9 Å². The number of nitrogens with one attached hydrogen (secondary N) is 2. The molecule has 5 nitrogen and oxygen atoms in total. The van der Waals surface area contributed by atoms with E-state index in [1.54, 1.807) is 6.20 Å². The van der Waals surface area contributed by atoms with Crippen molar-refractivity contribution in [1.29, 1.82) is 0 Å². The summed E-state index contributed by atoms with van der Waals surface area (Å²) in [5.41, 5.74) is 4.73. The summed E-state index contributed by atoms with van der Waals surface area (Å²) < 4.78 is 0. The SMILES string of the molecule is O=C1Cc2cnc(NCCCc3ccccc3)nc2-c2ccccc2N1. The van der Waals surface area contributed by atoms with Gasteiger partial charge in [0.15, 0.2) is 0 Å². The summed E-state index contributed by atoms with van der Waals surface area (Å²) in [4.78, 5) is 21.1. The number of amides is 1. The Bertz CT molecular complexity index is 924. The van der Waals surface area contributed by atoms with Crippen molar-refractivity contribution in [2.45, 2.75) is 19.3 Å². The lowest BCUT2D eigenvalue weighted by Crippen LogP contribution is -2.13. The zero-order chi connectivity index (χ0) is 17.8. The van der Waals surface area contributed by atoms with Crippen molar-refractivity contribution < 1.29 is 4.79 Å². The molecule has 4 rings (SSSR count). The summed E-state index contributed by atoms with van der Waals surface area (Å²) in [6.45, 7) is 0.798. The molecular weight excluding hydrogens is 324 g/mol. The highest BCUT2D eigenvalue weighted by atomic mass is 16.1. The van der Waals surface area contributed by atoms with Crippen LogP contribution in [-0.2, 0) is 17.6 Å². The molecule has 3 aromatic rings. The molecule has 0 radical (unpaired) electrons. The third kappa shape index (κ3) is 3.57. The molecule has 130 valence electrons. The number of hydrogen-bond acceptors (Lipinski definition) is 4. The number of carbonyl (C=O) groups is 1. The Kier molecular flexibility index (Phi) is 4.60. The van der Waals surface area contributed by atoms with Crippen LogP contribution in [0.25, 0.3) is 11.3 Å².